The highest BCUT2D eigenvalue weighted by Crippen LogP contribution is 2.31. The normalized spacial score (nSPS) is 15.6. The van der Waals surface area contributed by atoms with E-state index in [0.29, 0.717) is 5.25 Å². The molecular formula is C15H23NO2S. The molecule has 1 aromatic carbocycles. The van der Waals surface area contributed by atoms with Crippen LogP contribution in [0.5, 0.6) is 0 Å². The number of ether oxygens (including phenoxy) is 1. The summed E-state index contributed by atoms with van der Waals surface area (Å²) in [6.07, 6.45) is 0.717. The minimum absolute atomic E-state index is 0.216. The van der Waals surface area contributed by atoms with Gasteiger partial charge >= 0.3 is 5.97 Å². The molecular weight excluding hydrogens is 258 g/mol. The summed E-state index contributed by atoms with van der Waals surface area (Å²) in [6.45, 7) is 6.12. The molecule has 0 aliphatic rings. The van der Waals surface area contributed by atoms with Crippen LogP contribution in [-0.2, 0) is 9.53 Å². The van der Waals surface area contributed by atoms with Gasteiger partial charge in [0.25, 0.3) is 0 Å². The summed E-state index contributed by atoms with van der Waals surface area (Å²) in [5.41, 5.74) is 0.632. The Balaban J connectivity index is 2.71. The zero-order valence-electron chi connectivity index (χ0n) is 12.3. The van der Waals surface area contributed by atoms with Gasteiger partial charge in [-0.2, -0.15) is 0 Å². The average Bonchev–Trinajstić information content (AvgIpc) is 2.40. The first-order valence-electron chi connectivity index (χ1n) is 6.42. The highest BCUT2D eigenvalue weighted by Gasteiger charge is 2.34. The highest BCUT2D eigenvalue weighted by atomic mass is 32.2. The molecule has 1 rings (SSSR count). The molecule has 0 aromatic heterocycles. The summed E-state index contributed by atoms with van der Waals surface area (Å²) < 4.78 is 4.87. The van der Waals surface area contributed by atoms with E-state index in [1.165, 1.54) is 17.6 Å². The Kier molecular flexibility index (Phi) is 5.88. The van der Waals surface area contributed by atoms with Gasteiger partial charge in [-0.3, -0.25) is 4.79 Å². The fourth-order valence-electron chi connectivity index (χ4n) is 2.03. The van der Waals surface area contributed by atoms with E-state index < -0.39 is 5.54 Å². The fourth-order valence-corrected chi connectivity index (χ4v) is 3.30. The van der Waals surface area contributed by atoms with Crippen LogP contribution in [0.1, 0.15) is 25.8 Å². The molecule has 3 nitrogen and oxygen atoms in total. The van der Waals surface area contributed by atoms with E-state index in [1.54, 1.807) is 18.8 Å². The molecule has 106 valence electrons. The Bertz CT molecular complexity index is 436. The number of benzene rings is 1. The first-order chi connectivity index (χ1) is 8.92. The van der Waals surface area contributed by atoms with Gasteiger partial charge in [0.15, 0.2) is 0 Å². The van der Waals surface area contributed by atoms with Crippen molar-refractivity contribution in [2.45, 2.75) is 42.9 Å². The van der Waals surface area contributed by atoms with Crippen LogP contribution in [0.3, 0.4) is 0 Å². The number of rotatable bonds is 6. The molecule has 0 fully saturated rings. The lowest BCUT2D eigenvalue weighted by Crippen LogP contribution is -2.49. The molecule has 0 aliphatic carbocycles. The van der Waals surface area contributed by atoms with Gasteiger partial charge in [-0.1, -0.05) is 25.1 Å². The van der Waals surface area contributed by atoms with Gasteiger partial charge in [-0.15, -0.1) is 11.8 Å². The maximum absolute atomic E-state index is 11.8. The monoisotopic (exact) mass is 281 g/mol. The molecule has 0 saturated carbocycles. The number of hydrogen-bond acceptors (Lipinski definition) is 4. The molecule has 4 heteroatoms. The standard InChI is InChI=1S/C15H23NO2S/c1-11-8-6-7-9-13(11)19-12(2)10-15(3,16-4)14(17)18-5/h6-9,12,16H,10H2,1-5H3. The predicted molar refractivity (Wildman–Crippen MR) is 80.6 cm³/mol. The number of carbonyl (C=O) groups is 1. The quantitative estimate of drug-likeness (QED) is 0.642. The summed E-state index contributed by atoms with van der Waals surface area (Å²) >= 11 is 1.79. The van der Waals surface area contributed by atoms with Crippen molar-refractivity contribution in [1.82, 2.24) is 5.32 Å². The minimum Gasteiger partial charge on any atom is -0.468 e. The summed E-state index contributed by atoms with van der Waals surface area (Å²) in [6, 6.07) is 8.30. The number of hydrogen-bond donors (Lipinski definition) is 1. The molecule has 0 spiro atoms. The van der Waals surface area contributed by atoms with Gasteiger partial charge in [0.1, 0.15) is 5.54 Å². The third kappa shape index (κ3) is 4.25. The highest BCUT2D eigenvalue weighted by molar-refractivity contribution is 8.00. The number of aryl methyl sites for hydroxylation is 1. The number of esters is 1. The molecule has 0 aliphatic heterocycles. The van der Waals surface area contributed by atoms with E-state index in [9.17, 15) is 4.79 Å². The third-order valence-electron chi connectivity index (χ3n) is 3.31. The first-order valence-corrected chi connectivity index (χ1v) is 7.30. The second-order valence-corrected chi connectivity index (χ2v) is 6.45. The van der Waals surface area contributed by atoms with Crippen LogP contribution >= 0.6 is 11.8 Å². The van der Waals surface area contributed by atoms with E-state index in [2.05, 4.69) is 31.3 Å². The third-order valence-corrected chi connectivity index (χ3v) is 4.59. The van der Waals surface area contributed by atoms with Gasteiger partial charge in [0, 0.05) is 10.1 Å². The van der Waals surface area contributed by atoms with E-state index in [1.807, 2.05) is 19.1 Å². The Labute approximate surface area is 120 Å². The Morgan fingerprint density at radius 1 is 1.47 bits per heavy atom. The smallest absolute Gasteiger partial charge is 0.325 e. The molecule has 2 unspecified atom stereocenters. The van der Waals surface area contributed by atoms with E-state index in [4.69, 9.17) is 4.74 Å². The SMILES string of the molecule is CNC(C)(CC(C)Sc1ccccc1C)C(=O)OC. The van der Waals surface area contributed by atoms with Crippen molar-refractivity contribution < 1.29 is 9.53 Å². The number of likely N-dealkylation sites (N-methyl/N-ethyl adjacent to an activating group) is 1. The number of carbonyl (C=O) groups excluding carboxylic acids is 1. The largest absolute Gasteiger partial charge is 0.468 e. The van der Waals surface area contributed by atoms with Crippen molar-refractivity contribution in [3.63, 3.8) is 0 Å². The zero-order chi connectivity index (χ0) is 14.5. The average molecular weight is 281 g/mol. The second kappa shape index (κ2) is 6.96. The van der Waals surface area contributed by atoms with Crippen molar-refractivity contribution >= 4 is 17.7 Å². The number of thioether (sulfide) groups is 1. The van der Waals surface area contributed by atoms with Crippen LogP contribution in [0.15, 0.2) is 29.2 Å². The van der Waals surface area contributed by atoms with Crippen LogP contribution in [-0.4, -0.2) is 30.9 Å². The number of methoxy groups -OCH3 is 1. The lowest BCUT2D eigenvalue weighted by Gasteiger charge is -2.29. The molecule has 0 bridgehead atoms. The van der Waals surface area contributed by atoms with Crippen molar-refractivity contribution in [2.24, 2.45) is 0 Å². The lowest BCUT2D eigenvalue weighted by atomic mass is 9.96. The van der Waals surface area contributed by atoms with Crippen LogP contribution in [0, 0.1) is 6.92 Å². The minimum atomic E-state index is -0.635. The van der Waals surface area contributed by atoms with Crippen molar-refractivity contribution in [2.75, 3.05) is 14.2 Å². The van der Waals surface area contributed by atoms with Gasteiger partial charge in [0.05, 0.1) is 7.11 Å². The Morgan fingerprint density at radius 3 is 2.63 bits per heavy atom. The van der Waals surface area contributed by atoms with Crippen molar-refractivity contribution in [3.8, 4) is 0 Å². The lowest BCUT2D eigenvalue weighted by molar-refractivity contribution is -0.147. The number of nitrogens with one attached hydrogen (secondary N) is 1. The summed E-state index contributed by atoms with van der Waals surface area (Å²) in [5, 5.41) is 3.39. The fraction of sp³-hybridized carbons (Fsp3) is 0.533. The molecule has 0 heterocycles. The van der Waals surface area contributed by atoms with E-state index >= 15 is 0 Å². The Morgan fingerprint density at radius 2 is 2.11 bits per heavy atom. The maximum atomic E-state index is 11.8. The summed E-state index contributed by atoms with van der Waals surface area (Å²) in [7, 11) is 3.22. The molecule has 1 aromatic rings. The van der Waals surface area contributed by atoms with Gasteiger partial charge in [-0.25, -0.2) is 0 Å². The van der Waals surface area contributed by atoms with Crippen molar-refractivity contribution in [1.29, 1.82) is 0 Å². The molecule has 0 radical (unpaired) electrons. The Hall–Kier alpha value is -1.00. The zero-order valence-corrected chi connectivity index (χ0v) is 13.1. The topological polar surface area (TPSA) is 38.3 Å². The summed E-state index contributed by atoms with van der Waals surface area (Å²) in [5.74, 6) is -0.216. The van der Waals surface area contributed by atoms with Gasteiger partial charge in [0.2, 0.25) is 0 Å². The molecule has 0 saturated heterocycles. The van der Waals surface area contributed by atoms with E-state index in [0.717, 1.165) is 6.42 Å². The van der Waals surface area contributed by atoms with Gasteiger partial charge < -0.3 is 10.1 Å². The molecule has 2 atom stereocenters. The molecule has 1 N–H and O–H groups in total. The molecule has 0 amide bonds. The summed E-state index contributed by atoms with van der Waals surface area (Å²) in [4.78, 5) is 13.1. The van der Waals surface area contributed by atoms with Crippen molar-refractivity contribution in [3.05, 3.63) is 29.8 Å². The second-order valence-electron chi connectivity index (χ2n) is 4.97. The van der Waals surface area contributed by atoms with Gasteiger partial charge in [-0.05, 0) is 38.9 Å². The van der Waals surface area contributed by atoms with Crippen LogP contribution in [0.25, 0.3) is 0 Å². The first kappa shape index (κ1) is 16.1. The van der Waals surface area contributed by atoms with Crippen LogP contribution in [0.4, 0.5) is 0 Å². The maximum Gasteiger partial charge on any atom is 0.325 e. The van der Waals surface area contributed by atoms with Crippen LogP contribution < -0.4 is 5.32 Å². The van der Waals surface area contributed by atoms with E-state index in [-0.39, 0.29) is 5.97 Å². The predicted octanol–water partition coefficient (Wildman–Crippen LogP) is 3.02. The molecule has 19 heavy (non-hydrogen) atoms. The van der Waals surface area contributed by atoms with Crippen LogP contribution in [0.2, 0.25) is 0 Å².